The van der Waals surface area contributed by atoms with Gasteiger partial charge in [-0.15, -0.1) is 6.58 Å². The van der Waals surface area contributed by atoms with Crippen LogP contribution in [0.2, 0.25) is 0 Å². The van der Waals surface area contributed by atoms with Crippen LogP contribution in [0.4, 0.5) is 4.79 Å². The number of halogens is 3. The highest BCUT2D eigenvalue weighted by Crippen LogP contribution is 2.27. The summed E-state index contributed by atoms with van der Waals surface area (Å²) in [4.78, 5) is 24.8. The van der Waals surface area contributed by atoms with Crippen molar-refractivity contribution in [2.45, 2.75) is 34.4 Å². The Hall–Kier alpha value is -1.59. The van der Waals surface area contributed by atoms with E-state index in [1.165, 1.54) is 18.2 Å². The van der Waals surface area contributed by atoms with Crippen molar-refractivity contribution in [2.75, 3.05) is 19.8 Å². The zero-order chi connectivity index (χ0) is 23.0. The predicted molar refractivity (Wildman–Crippen MR) is 112 cm³/mol. The molecule has 5 atom stereocenters. The van der Waals surface area contributed by atoms with E-state index in [1.807, 2.05) is 0 Å². The summed E-state index contributed by atoms with van der Waals surface area (Å²) in [6, 6.07) is 6.78. The molecule has 0 bridgehead atoms. The summed E-state index contributed by atoms with van der Waals surface area (Å²) in [6.45, 7) is 2.37. The first-order valence-corrected chi connectivity index (χ1v) is 10.2. The molecule has 3 N–H and O–H groups in total. The van der Waals surface area contributed by atoms with Crippen LogP contribution in [0.5, 0.6) is 0 Å². The molecule has 0 spiro atoms. The molecule has 0 unspecified atom stereocenters. The maximum Gasteiger partial charge on any atom is 0.407 e. The second-order valence-corrected chi connectivity index (χ2v) is 8.95. The van der Waals surface area contributed by atoms with Gasteiger partial charge in [0.2, 0.25) is 3.79 Å². The Kier molecular flexibility index (Phi) is 9.83. The Bertz CT molecular complexity index is 745. The summed E-state index contributed by atoms with van der Waals surface area (Å²) in [5.41, 5.74) is 0.211. The molecule has 12 heteroatoms. The van der Waals surface area contributed by atoms with E-state index in [9.17, 15) is 19.8 Å². The molecule has 31 heavy (non-hydrogen) atoms. The van der Waals surface area contributed by atoms with Crippen molar-refractivity contribution in [3.63, 3.8) is 0 Å². The van der Waals surface area contributed by atoms with Crippen LogP contribution in [0.1, 0.15) is 10.4 Å². The number of aliphatic hydroxyl groups is 2. The highest BCUT2D eigenvalue weighted by molar-refractivity contribution is 6.67. The number of alkyl halides is 3. The van der Waals surface area contributed by atoms with Gasteiger partial charge in [0.1, 0.15) is 24.9 Å². The number of hydrogen-bond acceptors (Lipinski definition) is 8. The van der Waals surface area contributed by atoms with E-state index in [4.69, 9.17) is 53.8 Å². The average Bonchev–Trinajstić information content (AvgIpc) is 2.74. The van der Waals surface area contributed by atoms with E-state index < -0.39 is 59.7 Å². The number of esters is 1. The molecule has 172 valence electrons. The molecule has 1 aliphatic rings. The number of amides is 1. The van der Waals surface area contributed by atoms with Gasteiger partial charge in [-0.3, -0.25) is 0 Å². The van der Waals surface area contributed by atoms with Gasteiger partial charge in [0.25, 0.3) is 0 Å². The molecule has 9 nitrogen and oxygen atoms in total. The molecular weight excluding hydrogens is 477 g/mol. The molecule has 1 saturated heterocycles. The number of benzene rings is 1. The Balaban J connectivity index is 2.25. The highest BCUT2D eigenvalue weighted by Gasteiger charge is 2.49. The van der Waals surface area contributed by atoms with Crippen LogP contribution in [0.25, 0.3) is 0 Å². The molecule has 0 aromatic heterocycles. The van der Waals surface area contributed by atoms with Crippen molar-refractivity contribution in [3.8, 4) is 0 Å². The first-order valence-electron chi connectivity index (χ1n) is 9.09. The van der Waals surface area contributed by atoms with E-state index in [2.05, 4.69) is 11.9 Å². The molecule has 1 aromatic carbocycles. The van der Waals surface area contributed by atoms with Crippen LogP contribution in [0.3, 0.4) is 0 Å². The topological polar surface area (TPSA) is 124 Å². The second-order valence-electron chi connectivity index (χ2n) is 6.44. The van der Waals surface area contributed by atoms with Crippen LogP contribution in [0, 0.1) is 0 Å². The Morgan fingerprint density at radius 3 is 2.52 bits per heavy atom. The lowest BCUT2D eigenvalue weighted by Gasteiger charge is -2.43. The molecule has 1 aromatic rings. The zero-order valence-corrected chi connectivity index (χ0v) is 18.4. The number of carbonyl (C=O) groups is 2. The van der Waals surface area contributed by atoms with Crippen LogP contribution >= 0.6 is 34.8 Å². The summed E-state index contributed by atoms with van der Waals surface area (Å²) in [5.74, 6) is -0.771. The fraction of sp³-hybridized carbons (Fsp3) is 0.474. The quantitative estimate of drug-likeness (QED) is 0.282. The third kappa shape index (κ3) is 7.80. The van der Waals surface area contributed by atoms with E-state index in [0.29, 0.717) is 0 Å². The van der Waals surface area contributed by atoms with Crippen molar-refractivity contribution in [2.24, 2.45) is 0 Å². The smallest absolute Gasteiger partial charge is 0.407 e. The van der Waals surface area contributed by atoms with Crippen molar-refractivity contribution in [1.29, 1.82) is 0 Å². The van der Waals surface area contributed by atoms with Gasteiger partial charge in [-0.25, -0.2) is 9.59 Å². The van der Waals surface area contributed by atoms with Crippen LogP contribution in [-0.2, 0) is 18.9 Å². The molecule has 1 heterocycles. The molecule has 1 amide bonds. The number of carbonyl (C=O) groups excluding carboxylic acids is 2. The maximum absolute atomic E-state index is 12.6. The Morgan fingerprint density at radius 1 is 1.26 bits per heavy atom. The summed E-state index contributed by atoms with van der Waals surface area (Å²) in [5, 5.41) is 22.6. The maximum atomic E-state index is 12.6. The Labute approximate surface area is 193 Å². The molecule has 0 radical (unpaired) electrons. The average molecular weight is 499 g/mol. The van der Waals surface area contributed by atoms with Crippen molar-refractivity contribution in [1.82, 2.24) is 5.32 Å². The van der Waals surface area contributed by atoms with Gasteiger partial charge >= 0.3 is 12.1 Å². The number of ether oxygens (including phenoxy) is 4. The largest absolute Gasteiger partial charge is 0.453 e. The number of nitrogens with one attached hydrogen (secondary N) is 1. The second kappa shape index (κ2) is 11.9. The lowest BCUT2D eigenvalue weighted by Crippen LogP contribution is -2.66. The van der Waals surface area contributed by atoms with Gasteiger partial charge in [-0.2, -0.15) is 0 Å². The summed E-state index contributed by atoms with van der Waals surface area (Å²) in [7, 11) is 0. The van der Waals surface area contributed by atoms with Crippen LogP contribution in [-0.4, -0.2) is 76.5 Å². The monoisotopic (exact) mass is 497 g/mol. The van der Waals surface area contributed by atoms with Gasteiger partial charge in [0.05, 0.1) is 18.8 Å². The Morgan fingerprint density at radius 2 is 1.94 bits per heavy atom. The molecule has 0 saturated carbocycles. The third-order valence-electron chi connectivity index (χ3n) is 4.14. The molecule has 0 aliphatic carbocycles. The molecule has 1 fully saturated rings. The van der Waals surface area contributed by atoms with Crippen molar-refractivity contribution < 1.29 is 38.7 Å². The van der Waals surface area contributed by atoms with E-state index in [-0.39, 0.29) is 12.2 Å². The summed E-state index contributed by atoms with van der Waals surface area (Å²) in [6.07, 6.45) is -4.87. The number of aliphatic hydroxyl groups excluding tert-OH is 2. The first-order chi connectivity index (χ1) is 14.7. The molecule has 1 aliphatic heterocycles. The summed E-state index contributed by atoms with van der Waals surface area (Å²) < 4.78 is 19.5. The lowest BCUT2D eigenvalue weighted by atomic mass is 9.96. The third-order valence-corrected chi connectivity index (χ3v) is 4.46. The van der Waals surface area contributed by atoms with Crippen molar-refractivity contribution >= 4 is 46.9 Å². The van der Waals surface area contributed by atoms with Gasteiger partial charge < -0.3 is 34.5 Å². The number of hydrogen-bond donors (Lipinski definition) is 3. The van der Waals surface area contributed by atoms with E-state index in [1.54, 1.807) is 18.2 Å². The minimum atomic E-state index is -1.85. The lowest BCUT2D eigenvalue weighted by molar-refractivity contribution is -0.266. The van der Waals surface area contributed by atoms with Crippen LogP contribution < -0.4 is 5.32 Å². The minimum Gasteiger partial charge on any atom is -0.453 e. The normalized spacial score (nSPS) is 26.0. The SMILES string of the molecule is C=CCO[C@H]1O[C@H](CO)[C@@H](O)[C@H](OC(=O)c2ccccc2)[C@H]1NC(=O)OCC(Cl)(Cl)Cl. The van der Waals surface area contributed by atoms with Crippen molar-refractivity contribution in [3.05, 3.63) is 48.6 Å². The highest BCUT2D eigenvalue weighted by atomic mass is 35.6. The fourth-order valence-corrected chi connectivity index (χ4v) is 2.92. The first kappa shape index (κ1) is 25.7. The summed E-state index contributed by atoms with van der Waals surface area (Å²) >= 11 is 16.7. The molecular formula is C19H22Cl3NO8. The predicted octanol–water partition coefficient (Wildman–Crippen LogP) is 1.96. The fourth-order valence-electron chi connectivity index (χ4n) is 2.76. The number of rotatable bonds is 8. The number of alkyl carbamates (subject to hydrolysis) is 1. The van der Waals surface area contributed by atoms with Gasteiger partial charge in [-0.05, 0) is 12.1 Å². The van der Waals surface area contributed by atoms with Gasteiger partial charge in [0, 0.05) is 0 Å². The van der Waals surface area contributed by atoms with E-state index in [0.717, 1.165) is 0 Å². The van der Waals surface area contributed by atoms with Gasteiger partial charge in [-0.1, -0.05) is 59.1 Å². The minimum absolute atomic E-state index is 0.000356. The van der Waals surface area contributed by atoms with Crippen LogP contribution in [0.15, 0.2) is 43.0 Å². The van der Waals surface area contributed by atoms with Gasteiger partial charge in [0.15, 0.2) is 12.4 Å². The zero-order valence-electron chi connectivity index (χ0n) is 16.2. The molecule has 2 rings (SSSR count). The van der Waals surface area contributed by atoms with E-state index >= 15 is 0 Å². The standard InChI is InChI=1S/C19H22Cl3NO8/c1-2-8-28-17-13(23-18(27)29-10-19(20,21)22)15(14(25)12(9-24)30-17)31-16(26)11-6-4-3-5-7-11/h2-7,12-15,17,24-25H,1,8-10H2,(H,23,27)/t12-,13-,14-,15-,17+/m1/s1.